The van der Waals surface area contributed by atoms with Crippen molar-refractivity contribution in [2.24, 2.45) is 4.99 Å². The molecular weight excluding hydrogens is 342 g/mol. The van der Waals surface area contributed by atoms with Gasteiger partial charge in [-0.3, -0.25) is 4.99 Å². The van der Waals surface area contributed by atoms with Crippen LogP contribution in [0, 0.1) is 6.92 Å². The van der Waals surface area contributed by atoms with Gasteiger partial charge in [-0.15, -0.1) is 0 Å². The standard InChI is InChI=1S/C21H27N3O3/c1-15-5-7-17(19(11-15)25-3)14-24-21(22-2)23-13-16-6-8-18-20(12-16)27-10-4-9-26-18/h5-8,11-12H,4,9-10,13-14H2,1-3H3,(H2,22,23,24). The Morgan fingerprint density at radius 2 is 1.81 bits per heavy atom. The van der Waals surface area contributed by atoms with Crippen molar-refractivity contribution < 1.29 is 14.2 Å². The largest absolute Gasteiger partial charge is 0.496 e. The van der Waals surface area contributed by atoms with Gasteiger partial charge in [-0.2, -0.15) is 0 Å². The van der Waals surface area contributed by atoms with E-state index in [1.54, 1.807) is 14.2 Å². The number of aliphatic imine (C=N–C) groups is 1. The number of aryl methyl sites for hydroxylation is 1. The molecule has 0 spiro atoms. The summed E-state index contributed by atoms with van der Waals surface area (Å²) < 4.78 is 16.9. The highest BCUT2D eigenvalue weighted by atomic mass is 16.5. The molecule has 2 aromatic rings. The summed E-state index contributed by atoms with van der Waals surface area (Å²) in [6.45, 7) is 4.70. The monoisotopic (exact) mass is 369 g/mol. The van der Waals surface area contributed by atoms with E-state index >= 15 is 0 Å². The molecule has 1 aliphatic rings. The van der Waals surface area contributed by atoms with Gasteiger partial charge >= 0.3 is 0 Å². The normalized spacial score (nSPS) is 13.7. The molecule has 0 aliphatic carbocycles. The van der Waals surface area contributed by atoms with Crippen molar-refractivity contribution in [3.05, 3.63) is 53.1 Å². The van der Waals surface area contributed by atoms with Crippen LogP contribution in [0.15, 0.2) is 41.4 Å². The molecule has 144 valence electrons. The fourth-order valence-electron chi connectivity index (χ4n) is 2.90. The van der Waals surface area contributed by atoms with Gasteiger partial charge in [0.1, 0.15) is 5.75 Å². The van der Waals surface area contributed by atoms with Crippen LogP contribution in [0.2, 0.25) is 0 Å². The van der Waals surface area contributed by atoms with E-state index in [9.17, 15) is 0 Å². The van der Waals surface area contributed by atoms with E-state index in [2.05, 4.69) is 34.7 Å². The van der Waals surface area contributed by atoms with Crippen LogP contribution in [-0.4, -0.2) is 33.3 Å². The summed E-state index contributed by atoms with van der Waals surface area (Å²) in [7, 11) is 3.45. The molecule has 3 rings (SSSR count). The molecule has 0 saturated carbocycles. The summed E-state index contributed by atoms with van der Waals surface area (Å²) in [5, 5.41) is 6.65. The second-order valence-electron chi connectivity index (χ2n) is 6.43. The van der Waals surface area contributed by atoms with Crippen molar-refractivity contribution in [3.8, 4) is 17.2 Å². The van der Waals surface area contributed by atoms with Crippen LogP contribution in [0.4, 0.5) is 0 Å². The maximum absolute atomic E-state index is 5.75. The van der Waals surface area contributed by atoms with Crippen molar-refractivity contribution >= 4 is 5.96 Å². The quantitative estimate of drug-likeness (QED) is 0.627. The van der Waals surface area contributed by atoms with Crippen LogP contribution >= 0.6 is 0 Å². The molecule has 1 heterocycles. The minimum atomic E-state index is 0.629. The second-order valence-corrected chi connectivity index (χ2v) is 6.43. The molecule has 0 amide bonds. The number of fused-ring (bicyclic) bond motifs is 1. The Hall–Kier alpha value is -2.89. The van der Waals surface area contributed by atoms with Gasteiger partial charge in [0.05, 0.1) is 20.3 Å². The first kappa shape index (κ1) is 18.9. The number of hydrogen-bond acceptors (Lipinski definition) is 4. The molecule has 2 aromatic carbocycles. The summed E-state index contributed by atoms with van der Waals surface area (Å²) >= 11 is 0. The lowest BCUT2D eigenvalue weighted by Crippen LogP contribution is -2.36. The van der Waals surface area contributed by atoms with E-state index in [1.165, 1.54) is 5.56 Å². The van der Waals surface area contributed by atoms with Crippen molar-refractivity contribution in [2.45, 2.75) is 26.4 Å². The van der Waals surface area contributed by atoms with Gasteiger partial charge in [0.15, 0.2) is 17.5 Å². The predicted octanol–water partition coefficient (Wildman–Crippen LogP) is 3.03. The highest BCUT2D eigenvalue weighted by Gasteiger charge is 2.11. The summed E-state index contributed by atoms with van der Waals surface area (Å²) in [6, 6.07) is 12.2. The molecule has 0 saturated heterocycles. The van der Waals surface area contributed by atoms with Gasteiger partial charge in [-0.25, -0.2) is 0 Å². The zero-order chi connectivity index (χ0) is 19.1. The fourth-order valence-corrected chi connectivity index (χ4v) is 2.90. The van der Waals surface area contributed by atoms with Crippen LogP contribution in [0.25, 0.3) is 0 Å². The second kappa shape index (κ2) is 9.16. The van der Waals surface area contributed by atoms with E-state index in [0.29, 0.717) is 26.3 Å². The van der Waals surface area contributed by atoms with Crippen LogP contribution in [0.1, 0.15) is 23.1 Å². The Morgan fingerprint density at radius 1 is 1.04 bits per heavy atom. The smallest absolute Gasteiger partial charge is 0.191 e. The van der Waals surface area contributed by atoms with Gasteiger partial charge in [0.25, 0.3) is 0 Å². The highest BCUT2D eigenvalue weighted by Crippen LogP contribution is 2.30. The average Bonchev–Trinajstić information content (AvgIpc) is 2.93. The van der Waals surface area contributed by atoms with E-state index in [1.807, 2.05) is 24.3 Å². The molecule has 0 radical (unpaired) electrons. The number of hydrogen-bond donors (Lipinski definition) is 2. The van der Waals surface area contributed by atoms with Crippen LogP contribution in [-0.2, 0) is 13.1 Å². The van der Waals surface area contributed by atoms with E-state index in [-0.39, 0.29) is 0 Å². The average molecular weight is 369 g/mol. The van der Waals surface area contributed by atoms with Crippen molar-refractivity contribution in [1.82, 2.24) is 10.6 Å². The topological polar surface area (TPSA) is 64.1 Å². The molecule has 2 N–H and O–H groups in total. The maximum atomic E-state index is 5.75. The van der Waals surface area contributed by atoms with Gasteiger partial charge in [0, 0.05) is 32.1 Å². The third-order valence-corrected chi connectivity index (χ3v) is 4.38. The van der Waals surface area contributed by atoms with E-state index in [0.717, 1.165) is 40.8 Å². The van der Waals surface area contributed by atoms with Gasteiger partial charge in [-0.1, -0.05) is 18.2 Å². The summed E-state index contributed by atoms with van der Waals surface area (Å²) in [4.78, 5) is 4.29. The molecule has 1 aliphatic heterocycles. The summed E-state index contributed by atoms with van der Waals surface area (Å²) in [5.74, 6) is 3.22. The SMILES string of the molecule is CN=C(NCc1ccc2c(c1)OCCCO2)NCc1ccc(C)cc1OC. The molecule has 0 fully saturated rings. The predicted molar refractivity (Wildman–Crippen MR) is 107 cm³/mol. The van der Waals surface area contributed by atoms with Gasteiger partial charge in [-0.05, 0) is 36.2 Å². The van der Waals surface area contributed by atoms with Crippen molar-refractivity contribution in [2.75, 3.05) is 27.4 Å². The number of benzene rings is 2. The lowest BCUT2D eigenvalue weighted by atomic mass is 10.1. The zero-order valence-corrected chi connectivity index (χ0v) is 16.2. The highest BCUT2D eigenvalue weighted by molar-refractivity contribution is 5.79. The van der Waals surface area contributed by atoms with Crippen molar-refractivity contribution in [3.63, 3.8) is 0 Å². The van der Waals surface area contributed by atoms with Gasteiger partial charge in [0.2, 0.25) is 0 Å². The third kappa shape index (κ3) is 5.06. The molecule has 6 heteroatoms. The number of guanidine groups is 1. The number of nitrogens with zero attached hydrogens (tertiary/aromatic N) is 1. The zero-order valence-electron chi connectivity index (χ0n) is 16.2. The van der Waals surface area contributed by atoms with E-state index in [4.69, 9.17) is 14.2 Å². The van der Waals surface area contributed by atoms with Crippen LogP contribution in [0.3, 0.4) is 0 Å². The Kier molecular flexibility index (Phi) is 6.41. The number of rotatable bonds is 5. The minimum Gasteiger partial charge on any atom is -0.496 e. The number of nitrogens with one attached hydrogen (secondary N) is 2. The molecule has 6 nitrogen and oxygen atoms in total. The Labute approximate surface area is 160 Å². The molecule has 0 aromatic heterocycles. The summed E-state index contributed by atoms with van der Waals surface area (Å²) in [6.07, 6.45) is 0.904. The minimum absolute atomic E-state index is 0.629. The molecule has 0 atom stereocenters. The van der Waals surface area contributed by atoms with Crippen LogP contribution in [0.5, 0.6) is 17.2 Å². The number of ether oxygens (including phenoxy) is 3. The lowest BCUT2D eigenvalue weighted by molar-refractivity contribution is 0.297. The van der Waals surface area contributed by atoms with Gasteiger partial charge < -0.3 is 24.8 Å². The maximum Gasteiger partial charge on any atom is 0.191 e. The lowest BCUT2D eigenvalue weighted by Gasteiger charge is -2.15. The first-order valence-electron chi connectivity index (χ1n) is 9.16. The first-order chi connectivity index (χ1) is 13.2. The molecule has 0 unspecified atom stereocenters. The number of methoxy groups -OCH3 is 1. The summed E-state index contributed by atoms with van der Waals surface area (Å²) in [5.41, 5.74) is 3.37. The fraction of sp³-hybridized carbons (Fsp3) is 0.381. The Balaban J connectivity index is 1.57. The molecular formula is C21H27N3O3. The first-order valence-corrected chi connectivity index (χ1v) is 9.16. The Bertz CT molecular complexity index is 805. The third-order valence-electron chi connectivity index (χ3n) is 4.38. The van der Waals surface area contributed by atoms with Crippen molar-refractivity contribution in [1.29, 1.82) is 0 Å². The Morgan fingerprint density at radius 3 is 2.59 bits per heavy atom. The molecule has 27 heavy (non-hydrogen) atoms. The molecule has 0 bridgehead atoms. The van der Waals surface area contributed by atoms with Crippen LogP contribution < -0.4 is 24.8 Å². The van der Waals surface area contributed by atoms with E-state index < -0.39 is 0 Å².